The lowest BCUT2D eigenvalue weighted by atomic mass is 10.4. The molecule has 3 heteroatoms. The zero-order valence-corrected chi connectivity index (χ0v) is 6.70. The Bertz CT molecular complexity index is 193. The number of aryl methyl sites for hydroxylation is 1. The Morgan fingerprint density at radius 2 is 2.22 bits per heavy atom. The van der Waals surface area contributed by atoms with Crippen LogP contribution >= 0.6 is 11.5 Å². The number of aromatic nitrogens is 1. The molecule has 0 aliphatic rings. The SMILES string of the molecule is Cc1csnc1N(C)C. The zero-order valence-electron chi connectivity index (χ0n) is 5.88. The fourth-order valence-electron chi connectivity index (χ4n) is 0.714. The van der Waals surface area contributed by atoms with Crippen LogP contribution in [0.5, 0.6) is 0 Å². The van der Waals surface area contributed by atoms with Crippen molar-refractivity contribution < 1.29 is 0 Å². The van der Waals surface area contributed by atoms with Gasteiger partial charge < -0.3 is 4.90 Å². The summed E-state index contributed by atoms with van der Waals surface area (Å²) in [6, 6.07) is 0. The van der Waals surface area contributed by atoms with E-state index >= 15 is 0 Å². The molecule has 9 heavy (non-hydrogen) atoms. The molecule has 0 amide bonds. The largest absolute Gasteiger partial charge is 0.362 e. The molecule has 1 heterocycles. The topological polar surface area (TPSA) is 16.1 Å². The summed E-state index contributed by atoms with van der Waals surface area (Å²) in [6.45, 7) is 2.07. The average Bonchev–Trinajstić information content (AvgIpc) is 2.13. The predicted molar refractivity (Wildman–Crippen MR) is 41.2 cm³/mol. The number of rotatable bonds is 1. The Morgan fingerprint density at radius 3 is 2.44 bits per heavy atom. The molecule has 0 saturated heterocycles. The molecular weight excluding hydrogens is 132 g/mol. The van der Waals surface area contributed by atoms with Gasteiger partial charge in [0.05, 0.1) is 0 Å². The van der Waals surface area contributed by atoms with Crippen LogP contribution in [0.2, 0.25) is 0 Å². The van der Waals surface area contributed by atoms with E-state index in [1.165, 1.54) is 17.1 Å². The lowest BCUT2D eigenvalue weighted by Gasteiger charge is -2.07. The van der Waals surface area contributed by atoms with E-state index < -0.39 is 0 Å². The fourth-order valence-corrected chi connectivity index (χ4v) is 1.44. The summed E-state index contributed by atoms with van der Waals surface area (Å²) in [4.78, 5) is 2.02. The average molecular weight is 142 g/mol. The minimum absolute atomic E-state index is 1.08. The van der Waals surface area contributed by atoms with E-state index in [9.17, 15) is 0 Å². The van der Waals surface area contributed by atoms with E-state index in [1.54, 1.807) is 0 Å². The normalized spacial score (nSPS) is 9.67. The summed E-state index contributed by atoms with van der Waals surface area (Å²) in [6.07, 6.45) is 0. The minimum Gasteiger partial charge on any atom is -0.362 e. The fraction of sp³-hybridized carbons (Fsp3) is 0.500. The molecule has 0 aromatic carbocycles. The van der Waals surface area contributed by atoms with Gasteiger partial charge in [-0.3, -0.25) is 0 Å². The van der Waals surface area contributed by atoms with Crippen LogP contribution in [0.3, 0.4) is 0 Å². The third kappa shape index (κ3) is 1.21. The van der Waals surface area contributed by atoms with Crippen LogP contribution in [-0.2, 0) is 0 Å². The van der Waals surface area contributed by atoms with Crippen LogP contribution < -0.4 is 4.90 Å². The third-order valence-corrected chi connectivity index (χ3v) is 1.88. The summed E-state index contributed by atoms with van der Waals surface area (Å²) in [5.41, 5.74) is 1.25. The highest BCUT2D eigenvalue weighted by Gasteiger charge is 2.00. The number of hydrogen-bond acceptors (Lipinski definition) is 3. The molecule has 0 unspecified atom stereocenters. The van der Waals surface area contributed by atoms with Gasteiger partial charge in [-0.2, -0.15) is 4.37 Å². The smallest absolute Gasteiger partial charge is 0.144 e. The zero-order chi connectivity index (χ0) is 6.85. The molecule has 1 rings (SSSR count). The first-order chi connectivity index (χ1) is 4.22. The number of anilines is 1. The summed E-state index contributed by atoms with van der Waals surface area (Å²) < 4.78 is 4.18. The summed E-state index contributed by atoms with van der Waals surface area (Å²) in [5, 5.41) is 2.05. The highest BCUT2D eigenvalue weighted by atomic mass is 32.1. The highest BCUT2D eigenvalue weighted by Crippen LogP contribution is 2.16. The van der Waals surface area contributed by atoms with Crippen LogP contribution in [0.25, 0.3) is 0 Å². The van der Waals surface area contributed by atoms with Gasteiger partial charge in [-0.25, -0.2) is 0 Å². The van der Waals surface area contributed by atoms with E-state index in [-0.39, 0.29) is 0 Å². The molecule has 2 nitrogen and oxygen atoms in total. The summed E-state index contributed by atoms with van der Waals surface area (Å²) in [5.74, 6) is 1.08. The quantitative estimate of drug-likeness (QED) is 0.591. The molecule has 1 aromatic heterocycles. The van der Waals surface area contributed by atoms with Crippen molar-refractivity contribution in [2.45, 2.75) is 6.92 Å². The number of hydrogen-bond donors (Lipinski definition) is 0. The second-order valence-electron chi connectivity index (χ2n) is 2.22. The number of nitrogens with zero attached hydrogens (tertiary/aromatic N) is 2. The maximum atomic E-state index is 4.18. The van der Waals surface area contributed by atoms with Gasteiger partial charge in [0.15, 0.2) is 0 Å². The Kier molecular flexibility index (Phi) is 1.71. The molecule has 50 valence electrons. The Balaban J connectivity index is 2.94. The molecule has 0 radical (unpaired) electrons. The van der Waals surface area contributed by atoms with Crippen molar-refractivity contribution in [3.63, 3.8) is 0 Å². The molecule has 0 aliphatic heterocycles. The summed E-state index contributed by atoms with van der Waals surface area (Å²) in [7, 11) is 4.00. The molecule has 0 bridgehead atoms. The second kappa shape index (κ2) is 2.35. The van der Waals surface area contributed by atoms with Crippen molar-refractivity contribution in [2.75, 3.05) is 19.0 Å². The van der Waals surface area contributed by atoms with E-state index in [1.807, 2.05) is 19.0 Å². The Labute approximate surface area is 59.3 Å². The van der Waals surface area contributed by atoms with Crippen molar-refractivity contribution in [3.8, 4) is 0 Å². The molecule has 1 aromatic rings. The minimum atomic E-state index is 1.08. The van der Waals surface area contributed by atoms with Crippen LogP contribution in [0, 0.1) is 6.92 Å². The van der Waals surface area contributed by atoms with Crippen LogP contribution in [0.15, 0.2) is 5.38 Å². The third-order valence-electron chi connectivity index (χ3n) is 1.14. The first-order valence-corrected chi connectivity index (χ1v) is 3.64. The molecule has 0 N–H and O–H groups in total. The first-order valence-electron chi connectivity index (χ1n) is 2.80. The standard InChI is InChI=1S/C6H10N2S/c1-5-4-9-7-6(5)8(2)3/h4H,1-3H3. The molecular formula is C6H10N2S. The van der Waals surface area contributed by atoms with Crippen LogP contribution in [0.1, 0.15) is 5.56 Å². The maximum absolute atomic E-state index is 4.18. The van der Waals surface area contributed by atoms with E-state index in [4.69, 9.17) is 0 Å². The van der Waals surface area contributed by atoms with Crippen LogP contribution in [0.4, 0.5) is 5.82 Å². The highest BCUT2D eigenvalue weighted by molar-refractivity contribution is 7.04. The first kappa shape index (κ1) is 6.55. The maximum Gasteiger partial charge on any atom is 0.144 e. The molecule has 0 spiro atoms. The van der Waals surface area contributed by atoms with Gasteiger partial charge in [0.2, 0.25) is 0 Å². The predicted octanol–water partition coefficient (Wildman–Crippen LogP) is 1.52. The van der Waals surface area contributed by atoms with Gasteiger partial charge in [0.25, 0.3) is 0 Å². The van der Waals surface area contributed by atoms with Crippen LogP contribution in [-0.4, -0.2) is 18.5 Å². The lowest BCUT2D eigenvalue weighted by molar-refractivity contribution is 1.09. The van der Waals surface area contributed by atoms with E-state index in [0.717, 1.165) is 5.82 Å². The second-order valence-corrected chi connectivity index (χ2v) is 2.84. The lowest BCUT2D eigenvalue weighted by Crippen LogP contribution is -2.09. The van der Waals surface area contributed by atoms with Crippen molar-refractivity contribution in [1.29, 1.82) is 0 Å². The van der Waals surface area contributed by atoms with Gasteiger partial charge in [-0.1, -0.05) is 0 Å². The van der Waals surface area contributed by atoms with E-state index in [0.29, 0.717) is 0 Å². The van der Waals surface area contributed by atoms with Crippen molar-refractivity contribution >= 4 is 17.4 Å². The van der Waals surface area contributed by atoms with Gasteiger partial charge in [-0.05, 0) is 18.5 Å². The Morgan fingerprint density at radius 1 is 1.56 bits per heavy atom. The van der Waals surface area contributed by atoms with Gasteiger partial charge >= 0.3 is 0 Å². The molecule has 0 aliphatic carbocycles. The van der Waals surface area contributed by atoms with Gasteiger partial charge in [0, 0.05) is 25.0 Å². The van der Waals surface area contributed by atoms with Crippen molar-refractivity contribution in [2.24, 2.45) is 0 Å². The van der Waals surface area contributed by atoms with Gasteiger partial charge in [0.1, 0.15) is 5.82 Å². The summed E-state index contributed by atoms with van der Waals surface area (Å²) >= 11 is 1.50. The monoisotopic (exact) mass is 142 g/mol. The van der Waals surface area contributed by atoms with Gasteiger partial charge in [-0.15, -0.1) is 0 Å². The van der Waals surface area contributed by atoms with Crippen molar-refractivity contribution in [1.82, 2.24) is 4.37 Å². The van der Waals surface area contributed by atoms with Crippen molar-refractivity contribution in [3.05, 3.63) is 10.9 Å². The van der Waals surface area contributed by atoms with E-state index in [2.05, 4.69) is 16.7 Å². The molecule has 0 fully saturated rings. The molecule has 0 atom stereocenters. The molecule has 0 saturated carbocycles. The Hall–Kier alpha value is -0.570.